The van der Waals surface area contributed by atoms with Crippen molar-refractivity contribution >= 4 is 11.8 Å². The normalized spacial score (nSPS) is 47.7. The van der Waals surface area contributed by atoms with Gasteiger partial charge < -0.3 is 4.74 Å². The highest BCUT2D eigenvalue weighted by Gasteiger charge is 2.62. The summed E-state index contributed by atoms with van der Waals surface area (Å²) in [6, 6.07) is 0. The molecule has 0 bridgehead atoms. The van der Waals surface area contributed by atoms with E-state index in [0.717, 1.165) is 25.2 Å². The summed E-state index contributed by atoms with van der Waals surface area (Å²) in [5, 5.41) is 0. The summed E-state index contributed by atoms with van der Waals surface area (Å²) in [7, 11) is 1.49. The molecule has 3 nitrogen and oxygen atoms in total. The largest absolute Gasteiger partial charge is 0.469 e. The van der Waals surface area contributed by atoms with Crippen molar-refractivity contribution < 1.29 is 14.3 Å². The van der Waals surface area contributed by atoms with Gasteiger partial charge in [-0.15, -0.1) is 0 Å². The van der Waals surface area contributed by atoms with Gasteiger partial charge in [0.05, 0.1) is 7.11 Å². The van der Waals surface area contributed by atoms with Crippen LogP contribution in [0.3, 0.4) is 0 Å². The second kappa shape index (κ2) is 7.68. The summed E-state index contributed by atoms with van der Waals surface area (Å²) in [5.41, 5.74) is 0.602. The van der Waals surface area contributed by atoms with E-state index >= 15 is 0 Å². The number of carbonyl (C=O) groups excluding carboxylic acids is 2. The van der Waals surface area contributed by atoms with Crippen LogP contribution < -0.4 is 0 Å². The fourth-order valence-corrected chi connectivity index (χ4v) is 8.85. The number of esters is 1. The molecule has 0 spiro atoms. The molecule has 0 heterocycles. The number of hydrogen-bond acceptors (Lipinski definition) is 3. The maximum absolute atomic E-state index is 13.3. The van der Waals surface area contributed by atoms with E-state index < -0.39 is 0 Å². The molecular formula is C26H42O3. The van der Waals surface area contributed by atoms with Crippen LogP contribution in [0.4, 0.5) is 0 Å². The Morgan fingerprint density at radius 1 is 1.10 bits per heavy atom. The number of methoxy groups -OCH3 is 1. The topological polar surface area (TPSA) is 43.4 Å². The Hall–Kier alpha value is -0.860. The van der Waals surface area contributed by atoms with E-state index in [9.17, 15) is 9.59 Å². The number of ether oxygens (including phenoxy) is 1. The van der Waals surface area contributed by atoms with E-state index in [1.807, 2.05) is 0 Å². The van der Waals surface area contributed by atoms with Gasteiger partial charge in [0.1, 0.15) is 5.78 Å². The third-order valence-corrected chi connectivity index (χ3v) is 10.5. The summed E-state index contributed by atoms with van der Waals surface area (Å²) >= 11 is 0. The number of Topliss-reactive ketones (excluding diaryl/α,β-unsaturated/α-hetero) is 1. The van der Waals surface area contributed by atoms with Crippen molar-refractivity contribution in [2.24, 2.45) is 52.3 Å². The number of ketones is 1. The molecule has 0 saturated heterocycles. The first-order valence-corrected chi connectivity index (χ1v) is 12.3. The zero-order valence-corrected chi connectivity index (χ0v) is 19.3. The number of hydrogen-bond donors (Lipinski definition) is 0. The van der Waals surface area contributed by atoms with E-state index in [1.54, 1.807) is 0 Å². The van der Waals surface area contributed by atoms with Crippen LogP contribution in [0.25, 0.3) is 0 Å². The molecule has 29 heavy (non-hydrogen) atoms. The smallest absolute Gasteiger partial charge is 0.305 e. The minimum atomic E-state index is -0.0800. The molecule has 5 unspecified atom stereocenters. The lowest BCUT2D eigenvalue weighted by molar-refractivity contribution is -0.156. The van der Waals surface area contributed by atoms with E-state index in [2.05, 4.69) is 27.7 Å². The maximum Gasteiger partial charge on any atom is 0.305 e. The molecule has 4 fully saturated rings. The van der Waals surface area contributed by atoms with Crippen LogP contribution in [0.2, 0.25) is 0 Å². The first kappa shape index (κ1) is 21.4. The van der Waals surface area contributed by atoms with Crippen LogP contribution in [-0.4, -0.2) is 18.9 Å². The molecule has 0 aliphatic heterocycles. The van der Waals surface area contributed by atoms with Crippen molar-refractivity contribution in [3.05, 3.63) is 0 Å². The second-order valence-corrected chi connectivity index (χ2v) is 11.8. The maximum atomic E-state index is 13.3. The van der Waals surface area contributed by atoms with Crippen molar-refractivity contribution in [1.82, 2.24) is 0 Å². The third kappa shape index (κ3) is 3.39. The zero-order chi connectivity index (χ0) is 21.0. The summed E-state index contributed by atoms with van der Waals surface area (Å²) in [5.74, 6) is 4.85. The SMILES string of the molecule is COC(=O)CC[C@@H](C)C1CCC2C3CC(=O)C4C[C@H](C)CC[C@]4(C)C3CC[C@@]21C. The van der Waals surface area contributed by atoms with Crippen molar-refractivity contribution in [2.75, 3.05) is 7.11 Å². The average Bonchev–Trinajstić information content (AvgIpc) is 3.05. The van der Waals surface area contributed by atoms with Crippen LogP contribution >= 0.6 is 0 Å². The van der Waals surface area contributed by atoms with Gasteiger partial charge in [-0.25, -0.2) is 0 Å². The Labute approximate surface area is 177 Å². The second-order valence-electron chi connectivity index (χ2n) is 11.8. The van der Waals surface area contributed by atoms with Crippen LogP contribution in [-0.2, 0) is 14.3 Å². The molecule has 164 valence electrons. The number of fused-ring (bicyclic) bond motifs is 5. The Kier molecular flexibility index (Phi) is 5.66. The molecular weight excluding hydrogens is 360 g/mol. The van der Waals surface area contributed by atoms with E-state index in [-0.39, 0.29) is 11.4 Å². The minimum absolute atomic E-state index is 0.0800. The van der Waals surface area contributed by atoms with E-state index in [1.165, 1.54) is 45.6 Å². The lowest BCUT2D eigenvalue weighted by Gasteiger charge is -2.60. The molecule has 0 N–H and O–H groups in total. The van der Waals surface area contributed by atoms with Crippen molar-refractivity contribution in [3.8, 4) is 0 Å². The standard InChI is InChI=1S/C26H42O3/c1-16-10-12-26(4)21-11-13-25(3)19(17(2)6-9-24(28)29-5)7-8-20(25)18(21)15-23(27)22(26)14-16/h16-22H,6-15H2,1-5H3/t16-,17-,18?,19?,20?,21?,22?,25-,26-/m1/s1. The highest BCUT2D eigenvalue weighted by Crippen LogP contribution is 2.68. The van der Waals surface area contributed by atoms with Gasteiger partial charge in [0.2, 0.25) is 0 Å². The molecule has 4 saturated carbocycles. The average molecular weight is 403 g/mol. The molecule has 0 aromatic rings. The van der Waals surface area contributed by atoms with E-state index in [0.29, 0.717) is 53.1 Å². The highest BCUT2D eigenvalue weighted by atomic mass is 16.5. The van der Waals surface area contributed by atoms with Crippen LogP contribution in [0.15, 0.2) is 0 Å². The first-order valence-electron chi connectivity index (χ1n) is 12.3. The molecule has 0 aromatic carbocycles. The summed E-state index contributed by atoms with van der Waals surface area (Å²) in [4.78, 5) is 25.0. The fourth-order valence-electron chi connectivity index (χ4n) is 8.85. The van der Waals surface area contributed by atoms with Gasteiger partial charge in [0.15, 0.2) is 0 Å². The van der Waals surface area contributed by atoms with Gasteiger partial charge in [-0.05, 0) is 91.3 Å². The number of carbonyl (C=O) groups is 2. The van der Waals surface area contributed by atoms with Crippen molar-refractivity contribution in [2.45, 2.75) is 91.9 Å². The molecule has 9 atom stereocenters. The Morgan fingerprint density at radius 3 is 2.52 bits per heavy atom. The Bertz CT molecular complexity index is 656. The van der Waals surface area contributed by atoms with Gasteiger partial charge in [-0.2, -0.15) is 0 Å². The highest BCUT2D eigenvalue weighted by molar-refractivity contribution is 5.83. The quantitative estimate of drug-likeness (QED) is 0.538. The fraction of sp³-hybridized carbons (Fsp3) is 0.923. The predicted octanol–water partition coefficient (Wildman–Crippen LogP) is 6.05. The molecule has 4 aliphatic carbocycles. The molecule has 0 aromatic heterocycles. The lowest BCUT2D eigenvalue weighted by atomic mass is 9.43. The van der Waals surface area contributed by atoms with Gasteiger partial charge in [-0.3, -0.25) is 9.59 Å². The Balaban J connectivity index is 1.52. The first-order chi connectivity index (χ1) is 13.7. The lowest BCUT2D eigenvalue weighted by Crippen LogP contribution is -2.56. The van der Waals surface area contributed by atoms with Crippen LogP contribution in [0.5, 0.6) is 0 Å². The van der Waals surface area contributed by atoms with Gasteiger partial charge in [0.25, 0.3) is 0 Å². The van der Waals surface area contributed by atoms with E-state index in [4.69, 9.17) is 4.74 Å². The summed E-state index contributed by atoms with van der Waals surface area (Å²) in [6.07, 6.45) is 11.2. The minimum Gasteiger partial charge on any atom is -0.469 e. The molecule has 3 heteroatoms. The van der Waals surface area contributed by atoms with Crippen molar-refractivity contribution in [1.29, 1.82) is 0 Å². The molecule has 4 rings (SSSR count). The third-order valence-electron chi connectivity index (χ3n) is 10.5. The zero-order valence-electron chi connectivity index (χ0n) is 19.3. The molecule has 4 aliphatic rings. The van der Waals surface area contributed by atoms with Gasteiger partial charge >= 0.3 is 5.97 Å². The Morgan fingerprint density at radius 2 is 1.79 bits per heavy atom. The summed E-state index contributed by atoms with van der Waals surface area (Å²) in [6.45, 7) is 9.70. The monoisotopic (exact) mass is 402 g/mol. The van der Waals surface area contributed by atoms with Crippen LogP contribution in [0, 0.1) is 52.3 Å². The van der Waals surface area contributed by atoms with Crippen LogP contribution in [0.1, 0.15) is 91.9 Å². The summed E-state index contributed by atoms with van der Waals surface area (Å²) < 4.78 is 4.87. The van der Waals surface area contributed by atoms with Crippen molar-refractivity contribution in [3.63, 3.8) is 0 Å². The molecule has 0 amide bonds. The molecule has 0 radical (unpaired) electrons. The van der Waals surface area contributed by atoms with Gasteiger partial charge in [0, 0.05) is 18.8 Å². The number of rotatable bonds is 4. The van der Waals surface area contributed by atoms with Gasteiger partial charge in [-0.1, -0.05) is 34.1 Å². The predicted molar refractivity (Wildman–Crippen MR) is 115 cm³/mol.